The first-order chi connectivity index (χ1) is 14.1. The molecule has 0 spiro atoms. The van der Waals surface area contributed by atoms with Crippen LogP contribution in [0, 0.1) is 5.92 Å². The summed E-state index contributed by atoms with van der Waals surface area (Å²) in [4.78, 5) is 38.8. The summed E-state index contributed by atoms with van der Waals surface area (Å²) in [6.45, 7) is 0.697. The van der Waals surface area contributed by atoms with E-state index in [1.54, 1.807) is 4.90 Å². The SMILES string of the molecule is O=C1CCC=CCC(CC(=O)N2Cc3ccccc3CC2CO)C(=O)NCCO1. The highest BCUT2D eigenvalue weighted by Gasteiger charge is 2.31. The van der Waals surface area contributed by atoms with E-state index in [4.69, 9.17) is 4.74 Å². The van der Waals surface area contributed by atoms with Crippen molar-refractivity contribution in [1.82, 2.24) is 10.2 Å². The summed E-state index contributed by atoms with van der Waals surface area (Å²) in [5, 5.41) is 12.5. The molecule has 2 aliphatic rings. The number of rotatable bonds is 3. The van der Waals surface area contributed by atoms with Gasteiger partial charge in [-0.05, 0) is 30.4 Å². The zero-order valence-corrected chi connectivity index (χ0v) is 16.5. The average molecular weight is 400 g/mol. The van der Waals surface area contributed by atoms with Crippen molar-refractivity contribution in [2.45, 2.75) is 44.7 Å². The van der Waals surface area contributed by atoms with Crippen LogP contribution in [0.3, 0.4) is 0 Å². The van der Waals surface area contributed by atoms with Gasteiger partial charge in [-0.2, -0.15) is 0 Å². The normalized spacial score (nSPS) is 23.3. The summed E-state index contributed by atoms with van der Waals surface area (Å²) in [5.41, 5.74) is 2.23. The molecule has 2 aliphatic heterocycles. The second kappa shape index (κ2) is 10.2. The predicted molar refractivity (Wildman–Crippen MR) is 107 cm³/mol. The van der Waals surface area contributed by atoms with Gasteiger partial charge in [-0.1, -0.05) is 36.4 Å². The summed E-state index contributed by atoms with van der Waals surface area (Å²) in [6, 6.07) is 7.65. The van der Waals surface area contributed by atoms with Gasteiger partial charge in [0.05, 0.1) is 25.1 Å². The van der Waals surface area contributed by atoms with Crippen LogP contribution in [0.5, 0.6) is 0 Å². The number of aliphatic hydroxyl groups excluding tert-OH is 1. The maximum Gasteiger partial charge on any atom is 0.306 e. The van der Waals surface area contributed by atoms with Crippen LogP contribution in [0.15, 0.2) is 36.4 Å². The molecule has 1 aromatic rings. The lowest BCUT2D eigenvalue weighted by Crippen LogP contribution is -2.47. The minimum atomic E-state index is -0.495. The van der Waals surface area contributed by atoms with Crippen molar-refractivity contribution in [1.29, 1.82) is 0 Å². The van der Waals surface area contributed by atoms with Gasteiger partial charge in [0.25, 0.3) is 0 Å². The van der Waals surface area contributed by atoms with Gasteiger partial charge in [0.15, 0.2) is 0 Å². The number of allylic oxidation sites excluding steroid dienone is 2. The van der Waals surface area contributed by atoms with Gasteiger partial charge in [0.2, 0.25) is 11.8 Å². The van der Waals surface area contributed by atoms with E-state index in [0.29, 0.717) is 32.2 Å². The zero-order valence-electron chi connectivity index (χ0n) is 16.5. The molecule has 2 atom stereocenters. The van der Waals surface area contributed by atoms with Crippen molar-refractivity contribution in [2.75, 3.05) is 19.8 Å². The first-order valence-corrected chi connectivity index (χ1v) is 10.1. The maximum absolute atomic E-state index is 13.1. The second-order valence-electron chi connectivity index (χ2n) is 7.49. The Morgan fingerprint density at radius 3 is 2.79 bits per heavy atom. The third-order valence-corrected chi connectivity index (χ3v) is 5.45. The van der Waals surface area contributed by atoms with Crippen LogP contribution in [0.4, 0.5) is 0 Å². The molecule has 0 aliphatic carbocycles. The van der Waals surface area contributed by atoms with E-state index in [0.717, 1.165) is 11.1 Å². The Kier molecular flexibility index (Phi) is 7.41. The van der Waals surface area contributed by atoms with Gasteiger partial charge in [-0.3, -0.25) is 14.4 Å². The number of esters is 1. The van der Waals surface area contributed by atoms with E-state index >= 15 is 0 Å². The van der Waals surface area contributed by atoms with Gasteiger partial charge in [-0.25, -0.2) is 0 Å². The molecule has 156 valence electrons. The van der Waals surface area contributed by atoms with Gasteiger partial charge in [0.1, 0.15) is 6.61 Å². The summed E-state index contributed by atoms with van der Waals surface area (Å²) >= 11 is 0. The Balaban J connectivity index is 1.68. The first kappa shape index (κ1) is 21.0. The molecule has 0 saturated heterocycles. The highest BCUT2D eigenvalue weighted by atomic mass is 16.5. The van der Waals surface area contributed by atoms with E-state index < -0.39 is 5.92 Å². The predicted octanol–water partition coefficient (Wildman–Crippen LogP) is 1.34. The monoisotopic (exact) mass is 400 g/mol. The number of aliphatic hydroxyl groups is 1. The smallest absolute Gasteiger partial charge is 0.306 e. The summed E-state index contributed by atoms with van der Waals surface area (Å²) in [6.07, 6.45) is 5.68. The van der Waals surface area contributed by atoms with Crippen LogP contribution in [0.2, 0.25) is 0 Å². The number of amides is 2. The second-order valence-corrected chi connectivity index (χ2v) is 7.49. The number of nitrogens with one attached hydrogen (secondary N) is 1. The third-order valence-electron chi connectivity index (χ3n) is 5.45. The molecule has 0 saturated carbocycles. The van der Waals surface area contributed by atoms with Gasteiger partial charge >= 0.3 is 5.97 Å². The fraction of sp³-hybridized carbons (Fsp3) is 0.500. The topological polar surface area (TPSA) is 95.9 Å². The Labute approximate surface area is 170 Å². The van der Waals surface area contributed by atoms with Crippen LogP contribution in [0.1, 0.15) is 36.8 Å². The molecule has 0 aromatic heterocycles. The molecule has 29 heavy (non-hydrogen) atoms. The number of cyclic esters (lactones) is 1. The van der Waals surface area contributed by atoms with Crippen LogP contribution >= 0.6 is 0 Å². The Morgan fingerprint density at radius 2 is 2.00 bits per heavy atom. The van der Waals surface area contributed by atoms with Gasteiger partial charge < -0.3 is 20.1 Å². The largest absolute Gasteiger partial charge is 0.464 e. The number of ether oxygens (including phenoxy) is 1. The van der Waals surface area contributed by atoms with Crippen molar-refractivity contribution < 1.29 is 24.2 Å². The molecule has 7 nitrogen and oxygen atoms in total. The summed E-state index contributed by atoms with van der Waals surface area (Å²) in [7, 11) is 0. The number of fused-ring (bicyclic) bond motifs is 1. The highest BCUT2D eigenvalue weighted by molar-refractivity contribution is 5.86. The average Bonchev–Trinajstić information content (AvgIpc) is 2.73. The van der Waals surface area contributed by atoms with E-state index in [1.807, 2.05) is 36.4 Å². The fourth-order valence-electron chi connectivity index (χ4n) is 3.79. The lowest BCUT2D eigenvalue weighted by Gasteiger charge is -2.36. The Morgan fingerprint density at radius 1 is 1.21 bits per heavy atom. The number of hydrogen-bond acceptors (Lipinski definition) is 5. The lowest BCUT2D eigenvalue weighted by atomic mass is 9.92. The van der Waals surface area contributed by atoms with Gasteiger partial charge in [-0.15, -0.1) is 0 Å². The molecular weight excluding hydrogens is 372 g/mol. The van der Waals surface area contributed by atoms with Crippen LogP contribution in [-0.4, -0.2) is 53.6 Å². The van der Waals surface area contributed by atoms with Crippen LogP contribution in [0.25, 0.3) is 0 Å². The zero-order chi connectivity index (χ0) is 20.6. The maximum atomic E-state index is 13.1. The van der Waals surface area contributed by atoms with Crippen LogP contribution < -0.4 is 5.32 Å². The highest BCUT2D eigenvalue weighted by Crippen LogP contribution is 2.25. The van der Waals surface area contributed by atoms with E-state index in [1.165, 1.54) is 0 Å². The molecule has 2 amide bonds. The molecule has 2 N–H and O–H groups in total. The number of carbonyl (C=O) groups excluding carboxylic acids is 3. The molecule has 2 heterocycles. The molecule has 1 aromatic carbocycles. The summed E-state index contributed by atoms with van der Waals surface area (Å²) in [5.74, 6) is -1.13. The molecule has 2 unspecified atom stereocenters. The Hall–Kier alpha value is -2.67. The number of benzene rings is 1. The van der Waals surface area contributed by atoms with Crippen molar-refractivity contribution in [3.63, 3.8) is 0 Å². The third kappa shape index (κ3) is 5.67. The van der Waals surface area contributed by atoms with Crippen molar-refractivity contribution in [2.24, 2.45) is 5.92 Å². The number of hydrogen-bond donors (Lipinski definition) is 2. The van der Waals surface area contributed by atoms with Gasteiger partial charge in [0, 0.05) is 19.4 Å². The lowest BCUT2D eigenvalue weighted by molar-refractivity contribution is -0.144. The molecule has 0 bridgehead atoms. The number of nitrogens with zero attached hydrogens (tertiary/aromatic N) is 1. The van der Waals surface area contributed by atoms with E-state index in [2.05, 4.69) is 5.32 Å². The standard InChI is InChI=1S/C22H28N2O5/c25-15-19-12-16-6-4-5-8-18(16)14-24(19)20(26)13-17-7-2-1-3-9-21(27)29-11-10-23-22(17)28/h1-2,4-6,8,17,19,25H,3,7,9-15H2,(H,23,28). The fourth-order valence-corrected chi connectivity index (χ4v) is 3.79. The van der Waals surface area contributed by atoms with Crippen molar-refractivity contribution in [3.05, 3.63) is 47.5 Å². The molecule has 0 radical (unpaired) electrons. The van der Waals surface area contributed by atoms with Crippen molar-refractivity contribution in [3.8, 4) is 0 Å². The molecular formula is C22H28N2O5. The number of carbonyl (C=O) groups is 3. The van der Waals surface area contributed by atoms with E-state index in [9.17, 15) is 19.5 Å². The molecule has 7 heteroatoms. The molecule has 3 rings (SSSR count). The minimum absolute atomic E-state index is 0.0780. The summed E-state index contributed by atoms with van der Waals surface area (Å²) < 4.78 is 5.05. The first-order valence-electron chi connectivity index (χ1n) is 10.1. The molecule has 0 fully saturated rings. The Bertz CT molecular complexity index is 776. The minimum Gasteiger partial charge on any atom is -0.464 e. The quantitative estimate of drug-likeness (QED) is 0.590. The van der Waals surface area contributed by atoms with Crippen molar-refractivity contribution >= 4 is 17.8 Å². The van der Waals surface area contributed by atoms with E-state index in [-0.39, 0.29) is 50.0 Å². The van der Waals surface area contributed by atoms with Crippen LogP contribution in [-0.2, 0) is 32.1 Å².